The lowest BCUT2D eigenvalue weighted by Crippen LogP contribution is -2.01. The molecule has 0 atom stereocenters. The topological polar surface area (TPSA) is 106 Å². The zero-order valence-corrected chi connectivity index (χ0v) is 25.9. The van der Waals surface area contributed by atoms with Crippen molar-refractivity contribution in [2.75, 3.05) is 0 Å². The second-order valence-corrected chi connectivity index (χ2v) is 10.9. The molecule has 8 rings (SSSR count). The SMILES string of the molecule is Fc1cnc(Oc2cccc(Oc3ccc4c5ccc(Oc6cccc(Oc7ncc(F)cc7F)c6)cc5n(-c5ncncn5)c4c3)c2)c(F)c1. The van der Waals surface area contributed by atoms with E-state index in [0.717, 1.165) is 23.2 Å². The third-order valence-corrected chi connectivity index (χ3v) is 7.45. The van der Waals surface area contributed by atoms with E-state index in [9.17, 15) is 17.6 Å². The Morgan fingerprint density at radius 1 is 0.451 bits per heavy atom. The number of fused-ring (bicyclic) bond motifs is 3. The van der Waals surface area contributed by atoms with Gasteiger partial charge in [0, 0.05) is 47.2 Å². The Kier molecular flexibility index (Phi) is 8.00. The van der Waals surface area contributed by atoms with Crippen LogP contribution < -0.4 is 18.9 Å². The van der Waals surface area contributed by atoms with Gasteiger partial charge in [0.1, 0.15) is 58.8 Å². The zero-order valence-electron chi connectivity index (χ0n) is 25.9. The largest absolute Gasteiger partial charge is 0.457 e. The van der Waals surface area contributed by atoms with E-state index >= 15 is 0 Å². The smallest absolute Gasteiger partial charge is 0.256 e. The number of nitrogens with zero attached hydrogens (tertiary/aromatic N) is 6. The molecule has 0 amide bonds. The molecule has 0 saturated heterocycles. The molecule has 0 aliphatic rings. The van der Waals surface area contributed by atoms with Gasteiger partial charge in [-0.25, -0.2) is 42.5 Å². The van der Waals surface area contributed by atoms with E-state index in [0.29, 0.717) is 52.1 Å². The first kappa shape index (κ1) is 31.2. The van der Waals surface area contributed by atoms with Crippen LogP contribution in [0.25, 0.3) is 27.8 Å². The maximum absolute atomic E-state index is 14.1. The second-order valence-electron chi connectivity index (χ2n) is 10.9. The fourth-order valence-corrected chi connectivity index (χ4v) is 5.32. The number of rotatable bonds is 9. The van der Waals surface area contributed by atoms with Crippen molar-refractivity contribution in [3.05, 3.63) is 145 Å². The number of hydrogen-bond donors (Lipinski definition) is 0. The fourth-order valence-electron chi connectivity index (χ4n) is 5.32. The molecule has 0 radical (unpaired) electrons. The molecule has 0 saturated carbocycles. The number of aromatic nitrogens is 6. The van der Waals surface area contributed by atoms with Gasteiger partial charge >= 0.3 is 0 Å². The van der Waals surface area contributed by atoms with E-state index in [4.69, 9.17) is 18.9 Å². The fraction of sp³-hybridized carbons (Fsp3) is 0. The Morgan fingerprint density at radius 3 is 1.33 bits per heavy atom. The minimum Gasteiger partial charge on any atom is -0.457 e. The third-order valence-electron chi connectivity index (χ3n) is 7.45. The van der Waals surface area contributed by atoms with Gasteiger partial charge in [-0.2, -0.15) is 0 Å². The van der Waals surface area contributed by atoms with E-state index in [1.54, 1.807) is 60.7 Å². The van der Waals surface area contributed by atoms with Crippen molar-refractivity contribution in [2.24, 2.45) is 0 Å². The first-order chi connectivity index (χ1) is 24.9. The van der Waals surface area contributed by atoms with Crippen molar-refractivity contribution in [3.8, 4) is 52.2 Å². The maximum Gasteiger partial charge on any atom is 0.256 e. The van der Waals surface area contributed by atoms with Gasteiger partial charge < -0.3 is 18.9 Å². The van der Waals surface area contributed by atoms with Crippen LogP contribution in [0.4, 0.5) is 17.6 Å². The Labute approximate surface area is 285 Å². The molecule has 0 aliphatic carbocycles. The van der Waals surface area contributed by atoms with Crippen LogP contribution >= 0.6 is 0 Å². The van der Waals surface area contributed by atoms with Gasteiger partial charge in [0.2, 0.25) is 5.95 Å². The maximum atomic E-state index is 14.1. The quantitative estimate of drug-likeness (QED) is 0.137. The molecule has 10 nitrogen and oxygen atoms in total. The highest BCUT2D eigenvalue weighted by atomic mass is 19.1. The summed E-state index contributed by atoms with van der Waals surface area (Å²) in [4.78, 5) is 20.0. The molecule has 0 unspecified atom stereocenters. The molecule has 14 heteroatoms. The summed E-state index contributed by atoms with van der Waals surface area (Å²) >= 11 is 0. The van der Waals surface area contributed by atoms with Crippen LogP contribution in [-0.4, -0.2) is 29.5 Å². The molecule has 0 spiro atoms. The Bertz CT molecular complexity index is 2410. The molecule has 0 aliphatic heterocycles. The van der Waals surface area contributed by atoms with Crippen molar-refractivity contribution < 1.29 is 36.5 Å². The predicted molar refractivity (Wildman–Crippen MR) is 176 cm³/mol. The summed E-state index contributed by atoms with van der Waals surface area (Å²) < 4.78 is 80.0. The third kappa shape index (κ3) is 6.53. The van der Waals surface area contributed by atoms with Gasteiger partial charge in [0.05, 0.1) is 23.4 Å². The summed E-state index contributed by atoms with van der Waals surface area (Å²) in [6.07, 6.45) is 4.49. The average Bonchev–Trinajstić information content (AvgIpc) is 3.44. The summed E-state index contributed by atoms with van der Waals surface area (Å²) in [6, 6.07) is 25.4. The first-order valence-electron chi connectivity index (χ1n) is 15.1. The zero-order chi connectivity index (χ0) is 34.9. The van der Waals surface area contributed by atoms with Crippen molar-refractivity contribution in [2.45, 2.75) is 0 Å². The van der Waals surface area contributed by atoms with Crippen LogP contribution in [-0.2, 0) is 0 Å². The van der Waals surface area contributed by atoms with Gasteiger partial charge in [-0.3, -0.25) is 4.57 Å². The van der Waals surface area contributed by atoms with Crippen molar-refractivity contribution in [3.63, 3.8) is 0 Å². The predicted octanol–water partition coefficient (Wildman–Crippen LogP) is 9.48. The summed E-state index contributed by atoms with van der Waals surface area (Å²) in [6.45, 7) is 0. The Morgan fingerprint density at radius 2 is 0.882 bits per heavy atom. The molecule has 4 aromatic heterocycles. The van der Waals surface area contributed by atoms with Gasteiger partial charge in [-0.15, -0.1) is 0 Å². The van der Waals surface area contributed by atoms with Crippen LogP contribution in [0.1, 0.15) is 0 Å². The first-order valence-corrected chi connectivity index (χ1v) is 15.1. The van der Waals surface area contributed by atoms with E-state index in [-0.39, 0.29) is 23.3 Å². The molecule has 0 bridgehead atoms. The molecule has 4 heterocycles. The number of hydrogen-bond acceptors (Lipinski definition) is 9. The van der Waals surface area contributed by atoms with Crippen molar-refractivity contribution in [1.29, 1.82) is 0 Å². The van der Waals surface area contributed by atoms with Crippen LogP contribution in [0, 0.1) is 23.3 Å². The molecule has 250 valence electrons. The average molecular weight is 689 g/mol. The second kappa shape index (κ2) is 13.1. The molecular formula is C37H20F4N6O4. The summed E-state index contributed by atoms with van der Waals surface area (Å²) in [5, 5.41) is 1.73. The van der Waals surface area contributed by atoms with Crippen LogP contribution in [0.15, 0.2) is 122 Å². The summed E-state index contributed by atoms with van der Waals surface area (Å²) in [7, 11) is 0. The highest BCUT2D eigenvalue weighted by Gasteiger charge is 2.17. The van der Waals surface area contributed by atoms with Gasteiger partial charge in [0.25, 0.3) is 11.8 Å². The lowest BCUT2D eigenvalue weighted by atomic mass is 10.1. The van der Waals surface area contributed by atoms with E-state index in [2.05, 4.69) is 24.9 Å². The van der Waals surface area contributed by atoms with Crippen LogP contribution in [0.5, 0.6) is 46.3 Å². The molecule has 4 aromatic carbocycles. The lowest BCUT2D eigenvalue weighted by Gasteiger charge is -2.10. The normalized spacial score (nSPS) is 11.1. The number of halogens is 4. The molecule has 0 N–H and O–H groups in total. The number of pyridine rings is 2. The van der Waals surface area contributed by atoms with Crippen LogP contribution in [0.3, 0.4) is 0 Å². The van der Waals surface area contributed by atoms with E-state index in [1.807, 2.05) is 28.8 Å². The van der Waals surface area contributed by atoms with Crippen molar-refractivity contribution in [1.82, 2.24) is 29.5 Å². The number of ether oxygens (including phenoxy) is 4. The Hall–Kier alpha value is -7.09. The van der Waals surface area contributed by atoms with E-state index < -0.39 is 23.3 Å². The lowest BCUT2D eigenvalue weighted by molar-refractivity contribution is 0.412. The molecule has 51 heavy (non-hydrogen) atoms. The Balaban J connectivity index is 1.11. The molecule has 0 fully saturated rings. The van der Waals surface area contributed by atoms with Crippen molar-refractivity contribution >= 4 is 21.8 Å². The monoisotopic (exact) mass is 688 g/mol. The number of benzene rings is 4. The van der Waals surface area contributed by atoms with E-state index in [1.165, 1.54) is 12.7 Å². The molecular weight excluding hydrogens is 668 g/mol. The van der Waals surface area contributed by atoms with Gasteiger partial charge in [0.15, 0.2) is 11.6 Å². The minimum atomic E-state index is -0.940. The van der Waals surface area contributed by atoms with Gasteiger partial charge in [-0.05, 0) is 48.5 Å². The molecule has 8 aromatic rings. The van der Waals surface area contributed by atoms with Crippen LogP contribution in [0.2, 0.25) is 0 Å². The highest BCUT2D eigenvalue weighted by molar-refractivity contribution is 6.09. The highest BCUT2D eigenvalue weighted by Crippen LogP contribution is 2.38. The summed E-state index contributed by atoms with van der Waals surface area (Å²) in [5.74, 6) is -1.77. The minimum absolute atomic E-state index is 0.231. The standard InChI is InChI=1S/C37H20F4N6O4/c38-21-11-31(40)35(43-17-21)50-25-5-1-3-23(13-25)48-27-7-9-29-30-10-8-28(16-34(30)47(33(29)15-27)37-45-19-42-20-46-37)49-24-4-2-6-26(14-24)51-36-32(41)12-22(39)18-44-36/h1-20H. The van der Waals surface area contributed by atoms with Gasteiger partial charge in [-0.1, -0.05) is 12.1 Å². The summed E-state index contributed by atoms with van der Waals surface area (Å²) in [5.41, 5.74) is 1.42.